The van der Waals surface area contributed by atoms with E-state index >= 15 is 0 Å². The highest BCUT2D eigenvalue weighted by molar-refractivity contribution is 7.16. The van der Waals surface area contributed by atoms with Gasteiger partial charge < -0.3 is 10.1 Å². The molecule has 31 heavy (non-hydrogen) atoms. The Morgan fingerprint density at radius 2 is 1.97 bits per heavy atom. The van der Waals surface area contributed by atoms with Crippen molar-refractivity contribution < 1.29 is 9.53 Å². The number of benzene rings is 2. The van der Waals surface area contributed by atoms with Gasteiger partial charge in [0.25, 0.3) is 5.91 Å². The number of aromatic nitrogens is 5. The van der Waals surface area contributed by atoms with Gasteiger partial charge in [-0.25, -0.2) is 14.6 Å². The Morgan fingerprint density at radius 1 is 1.10 bits per heavy atom. The average Bonchev–Trinajstić information content (AvgIpc) is 3.46. The van der Waals surface area contributed by atoms with Crippen molar-refractivity contribution in [3.8, 4) is 17.4 Å². The van der Waals surface area contributed by atoms with Crippen LogP contribution in [0, 0.1) is 6.92 Å². The molecule has 0 aliphatic carbocycles. The van der Waals surface area contributed by atoms with Crippen molar-refractivity contribution in [1.82, 2.24) is 24.7 Å². The van der Waals surface area contributed by atoms with Gasteiger partial charge in [0.05, 0.1) is 15.7 Å². The number of hydrogen-bond acceptors (Lipinski definition) is 7. The molecule has 0 aliphatic rings. The first-order valence-corrected chi connectivity index (χ1v) is 10.3. The zero-order valence-corrected chi connectivity index (χ0v) is 17.2. The quantitative estimate of drug-likeness (QED) is 0.439. The van der Waals surface area contributed by atoms with Gasteiger partial charge in [-0.3, -0.25) is 4.79 Å². The van der Waals surface area contributed by atoms with E-state index in [0.29, 0.717) is 34.5 Å². The Bertz CT molecular complexity index is 1360. The molecule has 0 aliphatic heterocycles. The van der Waals surface area contributed by atoms with Gasteiger partial charge in [-0.15, -0.1) is 11.3 Å². The number of rotatable bonds is 5. The van der Waals surface area contributed by atoms with Gasteiger partial charge >= 0.3 is 0 Å². The molecule has 2 aromatic carbocycles. The zero-order valence-electron chi connectivity index (χ0n) is 16.4. The lowest BCUT2D eigenvalue weighted by molar-refractivity contribution is 0.102. The molecular formula is C22H16N6O2S. The lowest BCUT2D eigenvalue weighted by Gasteiger charge is -2.09. The third kappa shape index (κ3) is 4.12. The first-order valence-electron chi connectivity index (χ1n) is 9.42. The van der Waals surface area contributed by atoms with E-state index in [4.69, 9.17) is 4.74 Å². The van der Waals surface area contributed by atoms with Crippen LogP contribution in [0.5, 0.6) is 11.6 Å². The first kappa shape index (κ1) is 18.9. The second kappa shape index (κ2) is 7.96. The predicted octanol–water partition coefficient (Wildman–Crippen LogP) is 4.63. The van der Waals surface area contributed by atoms with Crippen molar-refractivity contribution in [2.24, 2.45) is 0 Å². The van der Waals surface area contributed by atoms with Crippen molar-refractivity contribution in [1.29, 1.82) is 0 Å². The van der Waals surface area contributed by atoms with Crippen molar-refractivity contribution >= 4 is 33.1 Å². The molecule has 0 spiro atoms. The molecule has 3 aromatic heterocycles. The molecule has 5 rings (SSSR count). The number of carbonyl (C=O) groups excluding carboxylic acids is 1. The van der Waals surface area contributed by atoms with Crippen LogP contribution in [0.15, 0.2) is 72.5 Å². The third-order valence-corrected chi connectivity index (χ3v) is 5.26. The normalized spacial score (nSPS) is 10.9. The van der Waals surface area contributed by atoms with Crippen molar-refractivity contribution in [3.63, 3.8) is 0 Å². The molecule has 0 fully saturated rings. The second-order valence-corrected chi connectivity index (χ2v) is 7.56. The van der Waals surface area contributed by atoms with Gasteiger partial charge in [-0.05, 0) is 55.5 Å². The Balaban J connectivity index is 1.29. The monoisotopic (exact) mass is 428 g/mol. The van der Waals surface area contributed by atoms with Crippen LogP contribution >= 0.6 is 11.3 Å². The minimum atomic E-state index is -0.181. The number of nitrogens with zero attached hydrogens (tertiary/aromatic N) is 5. The summed E-state index contributed by atoms with van der Waals surface area (Å²) in [5.41, 5.74) is 3.90. The minimum Gasteiger partial charge on any atom is -0.439 e. The largest absolute Gasteiger partial charge is 0.439 e. The molecule has 0 atom stereocenters. The second-order valence-electron chi connectivity index (χ2n) is 6.68. The van der Waals surface area contributed by atoms with E-state index in [1.165, 1.54) is 11.3 Å². The molecule has 152 valence electrons. The van der Waals surface area contributed by atoms with Gasteiger partial charge in [-0.2, -0.15) is 10.1 Å². The molecule has 0 saturated carbocycles. The SMILES string of the molecule is Cc1nc(Oc2ccc(NC(=O)c3ccc4ncsc4c3)cc2)cc(-n2cccn2)n1. The fourth-order valence-corrected chi connectivity index (χ4v) is 3.74. The summed E-state index contributed by atoms with van der Waals surface area (Å²) in [6.07, 6.45) is 3.48. The van der Waals surface area contributed by atoms with E-state index in [2.05, 4.69) is 25.4 Å². The van der Waals surface area contributed by atoms with Gasteiger partial charge in [0.15, 0.2) is 5.82 Å². The molecule has 0 radical (unpaired) electrons. The molecule has 9 heteroatoms. The van der Waals surface area contributed by atoms with Crippen LogP contribution in [-0.2, 0) is 0 Å². The van der Waals surface area contributed by atoms with E-state index in [-0.39, 0.29) is 5.91 Å². The first-order chi connectivity index (χ1) is 15.1. The Labute approximate surface area is 181 Å². The zero-order chi connectivity index (χ0) is 21.2. The molecule has 8 nitrogen and oxygen atoms in total. The Hall–Kier alpha value is -4.11. The van der Waals surface area contributed by atoms with E-state index in [1.807, 2.05) is 18.2 Å². The summed E-state index contributed by atoms with van der Waals surface area (Å²) < 4.78 is 8.49. The molecule has 5 aromatic rings. The topological polar surface area (TPSA) is 94.8 Å². The van der Waals surface area contributed by atoms with E-state index in [9.17, 15) is 4.79 Å². The lowest BCUT2D eigenvalue weighted by atomic mass is 10.2. The van der Waals surface area contributed by atoms with Crippen LogP contribution in [-0.4, -0.2) is 30.6 Å². The number of hydrogen-bond donors (Lipinski definition) is 1. The van der Waals surface area contributed by atoms with Crippen LogP contribution in [0.3, 0.4) is 0 Å². The number of thiazole rings is 1. The van der Waals surface area contributed by atoms with Gasteiger partial charge in [0.1, 0.15) is 11.6 Å². The van der Waals surface area contributed by atoms with Crippen molar-refractivity contribution in [2.75, 3.05) is 5.32 Å². The van der Waals surface area contributed by atoms with Crippen LogP contribution in [0.2, 0.25) is 0 Å². The highest BCUT2D eigenvalue weighted by atomic mass is 32.1. The van der Waals surface area contributed by atoms with E-state index in [0.717, 1.165) is 10.2 Å². The van der Waals surface area contributed by atoms with Gasteiger partial charge in [0, 0.05) is 29.7 Å². The Morgan fingerprint density at radius 3 is 2.77 bits per heavy atom. The summed E-state index contributed by atoms with van der Waals surface area (Å²) in [5, 5.41) is 7.08. The van der Waals surface area contributed by atoms with Crippen molar-refractivity contribution in [2.45, 2.75) is 6.92 Å². The molecule has 3 heterocycles. The van der Waals surface area contributed by atoms with Crippen LogP contribution < -0.4 is 10.1 Å². The number of amides is 1. The standard InChI is InChI=1S/C22H16N6O2S/c1-14-25-20(28-10-2-9-24-28)12-21(26-14)30-17-6-4-16(5-7-17)27-22(29)15-3-8-18-19(11-15)31-13-23-18/h2-13H,1H3,(H,27,29). The molecule has 0 unspecified atom stereocenters. The number of carbonyl (C=O) groups is 1. The Kier molecular flexibility index (Phi) is 4.85. The summed E-state index contributed by atoms with van der Waals surface area (Å²) >= 11 is 1.51. The van der Waals surface area contributed by atoms with E-state index < -0.39 is 0 Å². The van der Waals surface area contributed by atoms with E-state index in [1.54, 1.807) is 65.9 Å². The minimum absolute atomic E-state index is 0.181. The summed E-state index contributed by atoms with van der Waals surface area (Å²) in [4.78, 5) is 25.5. The smallest absolute Gasteiger partial charge is 0.255 e. The maximum atomic E-state index is 12.6. The number of anilines is 1. The summed E-state index contributed by atoms with van der Waals surface area (Å²) in [6, 6.07) is 16.1. The van der Waals surface area contributed by atoms with Gasteiger partial charge in [-0.1, -0.05) is 0 Å². The summed E-state index contributed by atoms with van der Waals surface area (Å²) in [7, 11) is 0. The highest BCUT2D eigenvalue weighted by Gasteiger charge is 2.10. The average molecular weight is 428 g/mol. The maximum absolute atomic E-state index is 12.6. The lowest BCUT2D eigenvalue weighted by Crippen LogP contribution is -2.11. The summed E-state index contributed by atoms with van der Waals surface area (Å²) in [5.74, 6) is 2.01. The molecular weight excluding hydrogens is 412 g/mol. The fraction of sp³-hybridized carbons (Fsp3) is 0.0455. The fourth-order valence-electron chi connectivity index (χ4n) is 3.03. The van der Waals surface area contributed by atoms with Crippen LogP contribution in [0.1, 0.15) is 16.2 Å². The number of aryl methyl sites for hydroxylation is 1. The predicted molar refractivity (Wildman–Crippen MR) is 118 cm³/mol. The van der Waals surface area contributed by atoms with Crippen molar-refractivity contribution in [3.05, 3.63) is 83.9 Å². The number of fused-ring (bicyclic) bond motifs is 1. The number of nitrogens with one attached hydrogen (secondary N) is 1. The number of ether oxygens (including phenoxy) is 1. The van der Waals surface area contributed by atoms with Crippen LogP contribution in [0.4, 0.5) is 5.69 Å². The third-order valence-electron chi connectivity index (χ3n) is 4.47. The molecule has 0 saturated heterocycles. The maximum Gasteiger partial charge on any atom is 0.255 e. The molecule has 1 amide bonds. The van der Waals surface area contributed by atoms with Gasteiger partial charge in [0.2, 0.25) is 5.88 Å². The van der Waals surface area contributed by atoms with Crippen LogP contribution in [0.25, 0.3) is 16.0 Å². The summed E-state index contributed by atoms with van der Waals surface area (Å²) in [6.45, 7) is 1.79. The highest BCUT2D eigenvalue weighted by Crippen LogP contribution is 2.24. The molecule has 0 bridgehead atoms. The molecule has 1 N–H and O–H groups in total.